The van der Waals surface area contributed by atoms with E-state index in [0.717, 1.165) is 16.5 Å². The van der Waals surface area contributed by atoms with Crippen LogP contribution in [0.2, 0.25) is 0 Å². The molecule has 3 aromatic rings. The van der Waals surface area contributed by atoms with E-state index in [0.29, 0.717) is 36.8 Å². The lowest BCUT2D eigenvalue weighted by molar-refractivity contribution is 0.0489. The number of nitrogens with zero attached hydrogens (tertiary/aromatic N) is 1. The molecule has 1 heterocycles. The number of para-hydroxylation sites is 1. The van der Waals surface area contributed by atoms with Crippen molar-refractivity contribution < 1.29 is 23.4 Å². The molecule has 0 spiro atoms. The Balaban J connectivity index is 1.85. The van der Waals surface area contributed by atoms with Crippen molar-refractivity contribution in [1.29, 1.82) is 0 Å². The van der Waals surface area contributed by atoms with Gasteiger partial charge in [-0.1, -0.05) is 24.3 Å². The maximum absolute atomic E-state index is 12.4. The zero-order valence-corrected chi connectivity index (χ0v) is 16.7. The molecule has 0 aliphatic heterocycles. The van der Waals surface area contributed by atoms with Gasteiger partial charge in [-0.3, -0.25) is 4.90 Å². The Labute approximate surface area is 164 Å². The van der Waals surface area contributed by atoms with Crippen LogP contribution in [-0.2, 0) is 17.8 Å². The lowest BCUT2D eigenvalue weighted by Gasteiger charge is -2.18. The Morgan fingerprint density at radius 1 is 1.04 bits per heavy atom. The van der Waals surface area contributed by atoms with Crippen molar-refractivity contribution in [3.8, 4) is 11.5 Å². The van der Waals surface area contributed by atoms with Crippen molar-refractivity contribution in [2.24, 2.45) is 0 Å². The molecule has 0 bridgehead atoms. The lowest BCUT2D eigenvalue weighted by atomic mass is 10.1. The molecule has 0 radical (unpaired) electrons. The number of rotatable bonds is 8. The quantitative estimate of drug-likeness (QED) is 0.542. The van der Waals surface area contributed by atoms with E-state index in [4.69, 9.17) is 18.6 Å². The van der Waals surface area contributed by atoms with Gasteiger partial charge in [-0.2, -0.15) is 0 Å². The highest BCUT2D eigenvalue weighted by molar-refractivity contribution is 5.96. The van der Waals surface area contributed by atoms with Gasteiger partial charge in [-0.15, -0.1) is 0 Å². The van der Waals surface area contributed by atoms with Crippen LogP contribution in [-0.4, -0.2) is 38.7 Å². The van der Waals surface area contributed by atoms with Crippen LogP contribution >= 0.6 is 0 Å². The molecule has 148 valence electrons. The molecule has 0 saturated heterocycles. The van der Waals surface area contributed by atoms with Crippen molar-refractivity contribution in [3.63, 3.8) is 0 Å². The van der Waals surface area contributed by atoms with Gasteiger partial charge in [0.2, 0.25) is 5.76 Å². The number of hydrogen-bond donors (Lipinski definition) is 0. The number of ether oxygens (including phenoxy) is 3. The summed E-state index contributed by atoms with van der Waals surface area (Å²) in [6.07, 6.45) is 0. The molecule has 0 saturated carbocycles. The van der Waals surface area contributed by atoms with E-state index < -0.39 is 5.97 Å². The molecule has 0 atom stereocenters. The Kier molecular flexibility index (Phi) is 6.21. The summed E-state index contributed by atoms with van der Waals surface area (Å²) in [5.74, 6) is 1.21. The van der Waals surface area contributed by atoms with Gasteiger partial charge < -0.3 is 18.6 Å². The van der Waals surface area contributed by atoms with Crippen molar-refractivity contribution in [1.82, 2.24) is 4.90 Å². The Morgan fingerprint density at radius 3 is 2.50 bits per heavy atom. The van der Waals surface area contributed by atoms with Gasteiger partial charge in [-0.05, 0) is 37.7 Å². The van der Waals surface area contributed by atoms with Crippen LogP contribution in [0.25, 0.3) is 11.0 Å². The third-order valence-corrected chi connectivity index (χ3v) is 4.49. The first-order chi connectivity index (χ1) is 13.6. The zero-order chi connectivity index (χ0) is 20.1. The molecule has 6 nitrogen and oxygen atoms in total. The van der Waals surface area contributed by atoms with Gasteiger partial charge in [0, 0.05) is 24.0 Å². The first kappa shape index (κ1) is 19.8. The van der Waals surface area contributed by atoms with Gasteiger partial charge in [0.1, 0.15) is 5.58 Å². The summed E-state index contributed by atoms with van der Waals surface area (Å²) in [6.45, 7) is 3.29. The van der Waals surface area contributed by atoms with E-state index in [9.17, 15) is 4.79 Å². The Morgan fingerprint density at radius 2 is 1.79 bits per heavy atom. The van der Waals surface area contributed by atoms with Gasteiger partial charge in [0.25, 0.3) is 0 Å². The normalized spacial score (nSPS) is 11.0. The highest BCUT2D eigenvalue weighted by Gasteiger charge is 2.22. The van der Waals surface area contributed by atoms with Gasteiger partial charge in [-0.25, -0.2) is 4.79 Å². The summed E-state index contributed by atoms with van der Waals surface area (Å²) < 4.78 is 21.6. The molecule has 0 fully saturated rings. The fourth-order valence-electron chi connectivity index (χ4n) is 3.23. The number of fused-ring (bicyclic) bond motifs is 1. The molecule has 28 heavy (non-hydrogen) atoms. The molecule has 0 aliphatic carbocycles. The SMILES string of the molecule is CCOC(=O)c1oc2ccccc2c1CN(C)Cc1ccc(OC)c(OC)c1. The average molecular weight is 383 g/mol. The minimum absolute atomic E-state index is 0.266. The largest absolute Gasteiger partial charge is 0.493 e. The van der Waals surface area contributed by atoms with E-state index in [1.807, 2.05) is 49.5 Å². The Bertz CT molecular complexity index is 963. The summed E-state index contributed by atoms with van der Waals surface area (Å²) in [5.41, 5.74) is 2.59. The van der Waals surface area contributed by atoms with Crippen LogP contribution in [0.4, 0.5) is 0 Å². The average Bonchev–Trinajstić information content (AvgIpc) is 3.06. The Hall–Kier alpha value is -2.99. The van der Waals surface area contributed by atoms with Crippen molar-refractivity contribution in [3.05, 3.63) is 59.4 Å². The summed E-state index contributed by atoms with van der Waals surface area (Å²) in [6, 6.07) is 13.5. The lowest BCUT2D eigenvalue weighted by Crippen LogP contribution is -2.19. The predicted molar refractivity (Wildman–Crippen MR) is 107 cm³/mol. The fourth-order valence-corrected chi connectivity index (χ4v) is 3.23. The molecular formula is C22H25NO5. The first-order valence-corrected chi connectivity index (χ1v) is 9.14. The van der Waals surface area contributed by atoms with Crippen LogP contribution in [0, 0.1) is 0 Å². The van der Waals surface area contributed by atoms with Gasteiger partial charge >= 0.3 is 5.97 Å². The number of carbonyl (C=O) groups excluding carboxylic acids is 1. The topological polar surface area (TPSA) is 61.1 Å². The molecule has 3 rings (SSSR count). The highest BCUT2D eigenvalue weighted by atomic mass is 16.5. The van der Waals surface area contributed by atoms with Gasteiger partial charge in [0.15, 0.2) is 11.5 Å². The third-order valence-electron chi connectivity index (χ3n) is 4.49. The van der Waals surface area contributed by atoms with Crippen LogP contribution in [0.1, 0.15) is 28.6 Å². The summed E-state index contributed by atoms with van der Waals surface area (Å²) in [4.78, 5) is 14.5. The molecule has 0 amide bonds. The first-order valence-electron chi connectivity index (χ1n) is 9.14. The molecule has 0 unspecified atom stereocenters. The second-order valence-electron chi connectivity index (χ2n) is 6.49. The second kappa shape index (κ2) is 8.80. The highest BCUT2D eigenvalue weighted by Crippen LogP contribution is 2.30. The molecule has 0 aliphatic rings. The maximum Gasteiger partial charge on any atom is 0.374 e. The van der Waals surface area contributed by atoms with Crippen molar-refractivity contribution in [2.75, 3.05) is 27.9 Å². The second-order valence-corrected chi connectivity index (χ2v) is 6.49. The number of benzene rings is 2. The molecular weight excluding hydrogens is 358 g/mol. The van der Waals surface area contributed by atoms with E-state index in [2.05, 4.69) is 4.90 Å². The monoisotopic (exact) mass is 383 g/mol. The number of hydrogen-bond acceptors (Lipinski definition) is 6. The molecule has 6 heteroatoms. The van der Waals surface area contributed by atoms with Crippen molar-refractivity contribution >= 4 is 16.9 Å². The zero-order valence-electron chi connectivity index (χ0n) is 16.7. The summed E-state index contributed by atoms with van der Waals surface area (Å²) in [7, 11) is 5.23. The number of esters is 1. The minimum Gasteiger partial charge on any atom is -0.493 e. The smallest absolute Gasteiger partial charge is 0.374 e. The summed E-state index contributed by atoms with van der Waals surface area (Å²) in [5, 5.41) is 0.921. The fraction of sp³-hybridized carbons (Fsp3) is 0.318. The maximum atomic E-state index is 12.4. The number of furan rings is 1. The van der Waals surface area contributed by atoms with E-state index >= 15 is 0 Å². The van der Waals surface area contributed by atoms with Crippen LogP contribution in [0.3, 0.4) is 0 Å². The minimum atomic E-state index is -0.437. The summed E-state index contributed by atoms with van der Waals surface area (Å²) >= 11 is 0. The van der Waals surface area contributed by atoms with Crippen molar-refractivity contribution in [2.45, 2.75) is 20.0 Å². The van der Waals surface area contributed by atoms with E-state index in [1.54, 1.807) is 21.1 Å². The standard InChI is InChI=1S/C22H25NO5/c1-5-27-22(24)21-17(16-8-6-7-9-18(16)28-21)14-23(2)13-15-10-11-19(25-3)20(12-15)26-4/h6-12H,5,13-14H2,1-4H3. The van der Waals surface area contributed by atoms with Crippen LogP contribution in [0.15, 0.2) is 46.9 Å². The molecule has 2 aromatic carbocycles. The molecule has 0 N–H and O–H groups in total. The number of carbonyl (C=O) groups is 1. The van der Waals surface area contributed by atoms with Crippen LogP contribution in [0.5, 0.6) is 11.5 Å². The van der Waals surface area contributed by atoms with E-state index in [-0.39, 0.29) is 5.76 Å². The van der Waals surface area contributed by atoms with Gasteiger partial charge in [0.05, 0.1) is 20.8 Å². The predicted octanol–water partition coefficient (Wildman–Crippen LogP) is 4.26. The van der Waals surface area contributed by atoms with E-state index in [1.165, 1.54) is 0 Å². The van der Waals surface area contributed by atoms with Crippen LogP contribution < -0.4 is 9.47 Å². The number of methoxy groups -OCH3 is 2. The third kappa shape index (κ3) is 4.12. The molecule has 1 aromatic heterocycles.